The van der Waals surface area contributed by atoms with Crippen LogP contribution in [-0.2, 0) is 16.9 Å². The Morgan fingerprint density at radius 1 is 0.922 bits per heavy atom. The van der Waals surface area contributed by atoms with Crippen molar-refractivity contribution in [1.82, 2.24) is 29.3 Å². The van der Waals surface area contributed by atoms with Crippen molar-refractivity contribution in [2.45, 2.75) is 51.0 Å². The number of piperazine rings is 1. The number of nitrogens with zero attached hydrogens (tertiary/aromatic N) is 8. The van der Waals surface area contributed by atoms with Crippen molar-refractivity contribution in [3.8, 4) is 11.4 Å². The molecule has 2 aliphatic rings. The molecule has 14 heteroatoms. The van der Waals surface area contributed by atoms with Gasteiger partial charge in [0, 0.05) is 59.1 Å². The van der Waals surface area contributed by atoms with Gasteiger partial charge in [0.1, 0.15) is 17.7 Å². The highest BCUT2D eigenvalue weighted by Gasteiger charge is 2.44. The quantitative estimate of drug-likeness (QED) is 0.175. The van der Waals surface area contributed by atoms with Gasteiger partial charge < -0.3 is 24.4 Å². The van der Waals surface area contributed by atoms with Crippen molar-refractivity contribution in [2.24, 2.45) is 5.92 Å². The Morgan fingerprint density at radius 3 is 2.16 bits per heavy atom. The van der Waals surface area contributed by atoms with E-state index in [-0.39, 0.29) is 17.6 Å². The highest BCUT2D eigenvalue weighted by Crippen LogP contribution is 2.44. The minimum atomic E-state index is -0.690. The molecule has 0 amide bonds. The SMILES string of the molecule is CC[C@@H]([C@H](C)O)n1ncn(-c2ccc(N3CCN(c4ccc(OC[C@H]5CO[C@](Cn6nccn6)(c6ccc(Cl)cc6Cl)C5)cc4)CC3)cc2)c1=O. The van der Waals surface area contributed by atoms with Gasteiger partial charge in [-0.3, -0.25) is 0 Å². The van der Waals surface area contributed by atoms with Crippen LogP contribution in [0.5, 0.6) is 5.75 Å². The van der Waals surface area contributed by atoms with E-state index >= 15 is 0 Å². The third-order valence-corrected chi connectivity index (χ3v) is 10.5. The second-order valence-corrected chi connectivity index (χ2v) is 14.1. The standard InChI is InChI=1S/C37H42Cl2N8O4/c1-3-35(26(2)48)47-36(49)45(25-42-47)31-7-5-29(6-8-31)43-16-18-44(19-17-43)30-9-11-32(12-10-30)50-22-27-21-37(51-23-27,24-46-40-14-15-41-46)33-13-4-28(38)20-34(33)39/h4-15,20,25-27,35,48H,3,16-19,21-24H2,1-2H3/t26-,27-,35-,37+/m0/s1. The lowest BCUT2D eigenvalue weighted by Crippen LogP contribution is -2.46. The van der Waals surface area contributed by atoms with Gasteiger partial charge >= 0.3 is 5.69 Å². The van der Waals surface area contributed by atoms with Gasteiger partial charge in [-0.25, -0.2) is 14.0 Å². The van der Waals surface area contributed by atoms with Gasteiger partial charge in [0.15, 0.2) is 0 Å². The summed E-state index contributed by atoms with van der Waals surface area (Å²) in [6.07, 6.45) is 5.48. The average Bonchev–Trinajstić information content (AvgIpc) is 3.90. The first kappa shape index (κ1) is 35.1. The number of aliphatic hydroxyl groups is 1. The van der Waals surface area contributed by atoms with Gasteiger partial charge in [0.05, 0.1) is 50.0 Å². The molecule has 2 aliphatic heterocycles. The molecule has 2 aromatic heterocycles. The van der Waals surface area contributed by atoms with Crippen LogP contribution >= 0.6 is 23.2 Å². The lowest BCUT2D eigenvalue weighted by molar-refractivity contribution is -0.0209. The van der Waals surface area contributed by atoms with Crippen molar-refractivity contribution >= 4 is 34.6 Å². The first-order valence-corrected chi connectivity index (χ1v) is 18.1. The Hall–Kier alpha value is -4.36. The molecule has 0 saturated carbocycles. The Balaban J connectivity index is 0.923. The zero-order chi connectivity index (χ0) is 35.5. The molecule has 4 atom stereocenters. The van der Waals surface area contributed by atoms with Crippen molar-refractivity contribution in [3.05, 3.63) is 112 Å². The van der Waals surface area contributed by atoms with Crippen LogP contribution in [0.15, 0.2) is 90.2 Å². The first-order valence-electron chi connectivity index (χ1n) is 17.3. The maximum absolute atomic E-state index is 13.0. The fraction of sp³-hybridized carbons (Fsp3) is 0.405. The molecule has 0 aliphatic carbocycles. The van der Waals surface area contributed by atoms with E-state index in [2.05, 4.69) is 37.2 Å². The average molecular weight is 734 g/mol. The molecule has 4 heterocycles. The summed E-state index contributed by atoms with van der Waals surface area (Å²) >= 11 is 12.9. The van der Waals surface area contributed by atoms with Crippen LogP contribution in [0.2, 0.25) is 10.0 Å². The number of halogens is 2. The van der Waals surface area contributed by atoms with Gasteiger partial charge in [-0.1, -0.05) is 36.2 Å². The number of aliphatic hydroxyl groups excluding tert-OH is 1. The van der Waals surface area contributed by atoms with E-state index < -0.39 is 11.7 Å². The molecule has 1 N–H and O–H groups in total. The van der Waals surface area contributed by atoms with Gasteiger partial charge in [-0.05, 0) is 80.4 Å². The van der Waals surface area contributed by atoms with Gasteiger partial charge in [-0.15, -0.1) is 0 Å². The van der Waals surface area contributed by atoms with Crippen LogP contribution in [0, 0.1) is 5.92 Å². The monoisotopic (exact) mass is 732 g/mol. The van der Waals surface area contributed by atoms with Crippen LogP contribution in [-0.4, -0.2) is 79.9 Å². The van der Waals surface area contributed by atoms with Crippen molar-refractivity contribution in [1.29, 1.82) is 0 Å². The predicted molar refractivity (Wildman–Crippen MR) is 197 cm³/mol. The molecule has 0 radical (unpaired) electrons. The van der Waals surface area contributed by atoms with Crippen LogP contribution in [0.3, 0.4) is 0 Å². The summed E-state index contributed by atoms with van der Waals surface area (Å²) in [4.78, 5) is 19.4. The Kier molecular flexibility index (Phi) is 10.4. The lowest BCUT2D eigenvalue weighted by Gasteiger charge is -2.37. The second-order valence-electron chi connectivity index (χ2n) is 13.3. The third kappa shape index (κ3) is 7.50. The lowest BCUT2D eigenvalue weighted by atomic mass is 9.87. The molecule has 0 spiro atoms. The number of anilines is 2. The maximum Gasteiger partial charge on any atom is 0.350 e. The zero-order valence-corrected chi connectivity index (χ0v) is 30.2. The first-order chi connectivity index (χ1) is 24.7. The fourth-order valence-electron chi connectivity index (χ4n) is 7.22. The van der Waals surface area contributed by atoms with Crippen LogP contribution < -0.4 is 20.2 Å². The largest absolute Gasteiger partial charge is 0.493 e. The molecular weight excluding hydrogens is 691 g/mol. The summed E-state index contributed by atoms with van der Waals surface area (Å²) < 4.78 is 15.6. The van der Waals surface area contributed by atoms with Gasteiger partial charge in [0.25, 0.3) is 0 Å². The molecule has 0 bridgehead atoms. The third-order valence-electron chi connectivity index (χ3n) is 9.94. The highest BCUT2D eigenvalue weighted by molar-refractivity contribution is 6.35. The molecular formula is C37H42Cl2N8O4. The molecule has 2 saturated heterocycles. The van der Waals surface area contributed by atoms with Crippen LogP contribution in [0.1, 0.15) is 38.3 Å². The zero-order valence-electron chi connectivity index (χ0n) is 28.7. The van der Waals surface area contributed by atoms with Crippen molar-refractivity contribution < 1.29 is 14.6 Å². The molecule has 2 fully saturated rings. The molecule has 12 nitrogen and oxygen atoms in total. The molecule has 268 valence electrons. The Bertz CT molecular complexity index is 1960. The van der Waals surface area contributed by atoms with Gasteiger partial charge in [0.2, 0.25) is 0 Å². The van der Waals surface area contributed by atoms with Crippen molar-refractivity contribution in [3.63, 3.8) is 0 Å². The molecule has 3 aromatic carbocycles. The van der Waals surface area contributed by atoms with E-state index in [9.17, 15) is 9.90 Å². The minimum Gasteiger partial charge on any atom is -0.493 e. The number of aromatic nitrogens is 6. The summed E-state index contributed by atoms with van der Waals surface area (Å²) in [7, 11) is 0. The van der Waals surface area contributed by atoms with Gasteiger partial charge in [-0.2, -0.15) is 20.1 Å². The molecule has 0 unspecified atom stereocenters. The maximum atomic E-state index is 13.0. The topological polar surface area (TPSA) is 116 Å². The number of hydrogen-bond donors (Lipinski definition) is 1. The van der Waals surface area contributed by atoms with E-state index in [0.29, 0.717) is 42.6 Å². The van der Waals surface area contributed by atoms with E-state index in [0.717, 1.165) is 54.6 Å². The highest BCUT2D eigenvalue weighted by atomic mass is 35.5. The van der Waals surface area contributed by atoms with E-state index in [1.54, 1.807) is 30.2 Å². The Morgan fingerprint density at radius 2 is 1.55 bits per heavy atom. The number of benzene rings is 3. The summed E-state index contributed by atoms with van der Waals surface area (Å²) in [6.45, 7) is 8.59. The number of rotatable bonds is 12. The predicted octanol–water partition coefficient (Wildman–Crippen LogP) is 5.60. The van der Waals surface area contributed by atoms with E-state index in [1.165, 1.54) is 15.6 Å². The number of ether oxygens (including phenoxy) is 2. The molecule has 7 rings (SSSR count). The molecule has 5 aromatic rings. The molecule has 51 heavy (non-hydrogen) atoms. The van der Waals surface area contributed by atoms with Crippen LogP contribution in [0.25, 0.3) is 5.69 Å². The summed E-state index contributed by atoms with van der Waals surface area (Å²) in [5.74, 6) is 0.963. The summed E-state index contributed by atoms with van der Waals surface area (Å²) in [6, 6.07) is 21.4. The number of hydrogen-bond acceptors (Lipinski definition) is 9. The summed E-state index contributed by atoms with van der Waals surface area (Å²) in [5.41, 5.74) is 2.93. The fourth-order valence-corrected chi connectivity index (χ4v) is 7.80. The second kappa shape index (κ2) is 15.1. The van der Waals surface area contributed by atoms with E-state index in [1.807, 2.05) is 55.5 Å². The smallest absolute Gasteiger partial charge is 0.350 e. The normalized spacial score (nSPS) is 20.5. The summed E-state index contributed by atoms with van der Waals surface area (Å²) in [5, 5.41) is 24.1. The Labute approximate surface area is 306 Å². The van der Waals surface area contributed by atoms with Crippen LogP contribution in [0.4, 0.5) is 11.4 Å². The van der Waals surface area contributed by atoms with E-state index in [4.69, 9.17) is 32.7 Å². The van der Waals surface area contributed by atoms with Crippen molar-refractivity contribution in [2.75, 3.05) is 49.2 Å². The minimum absolute atomic E-state index is 0.149.